The molecule has 6 heteroatoms. The van der Waals surface area contributed by atoms with Gasteiger partial charge in [0.2, 0.25) is 0 Å². The molecule has 0 bridgehead atoms. The lowest BCUT2D eigenvalue weighted by Crippen LogP contribution is -2.41. The van der Waals surface area contributed by atoms with Crippen LogP contribution in [-0.4, -0.2) is 36.5 Å². The Labute approximate surface area is 155 Å². The number of hydrogen-bond acceptors (Lipinski definition) is 5. The predicted octanol–water partition coefficient (Wildman–Crippen LogP) is 4.15. The number of rotatable bonds is 5. The molecule has 4 nitrogen and oxygen atoms in total. The third kappa shape index (κ3) is 4.80. The van der Waals surface area contributed by atoms with E-state index in [1.54, 1.807) is 16.2 Å². The van der Waals surface area contributed by atoms with Gasteiger partial charge in [-0.1, -0.05) is 19.1 Å². The van der Waals surface area contributed by atoms with Gasteiger partial charge in [0.15, 0.2) is 6.61 Å². The number of carbonyl (C=O) groups is 2. The van der Waals surface area contributed by atoms with E-state index in [4.69, 9.17) is 4.74 Å². The summed E-state index contributed by atoms with van der Waals surface area (Å²) in [4.78, 5) is 28.5. The second kappa shape index (κ2) is 8.45. The largest absolute Gasteiger partial charge is 0.452 e. The van der Waals surface area contributed by atoms with Crippen molar-refractivity contribution in [3.05, 3.63) is 44.8 Å². The summed E-state index contributed by atoms with van der Waals surface area (Å²) < 4.78 is 5.34. The summed E-state index contributed by atoms with van der Waals surface area (Å²) in [6.07, 6.45) is 3.99. The Kier molecular flexibility index (Phi) is 6.04. The van der Waals surface area contributed by atoms with Gasteiger partial charge in [0, 0.05) is 22.8 Å². The Bertz CT molecular complexity index is 735. The number of ether oxygens (including phenoxy) is 1. The molecule has 0 aliphatic carbocycles. The molecular weight excluding hydrogens is 354 g/mol. The highest BCUT2D eigenvalue weighted by Gasteiger charge is 2.23. The van der Waals surface area contributed by atoms with Gasteiger partial charge >= 0.3 is 5.97 Å². The maximum atomic E-state index is 12.6. The first-order valence-electron chi connectivity index (χ1n) is 8.37. The predicted molar refractivity (Wildman–Crippen MR) is 102 cm³/mol. The molecule has 3 rings (SSSR count). The Balaban J connectivity index is 1.66. The Morgan fingerprint density at radius 2 is 2.08 bits per heavy atom. The Morgan fingerprint density at radius 1 is 1.28 bits per heavy atom. The number of amides is 1. The summed E-state index contributed by atoms with van der Waals surface area (Å²) in [5, 5.41) is 3.88. The minimum absolute atomic E-state index is 0.110. The first-order chi connectivity index (χ1) is 12.1. The fourth-order valence-corrected chi connectivity index (χ4v) is 4.28. The number of carbonyl (C=O) groups excluding carboxylic acids is 2. The number of likely N-dealkylation sites (tertiary alicyclic amines) is 1. The molecule has 1 aliphatic heterocycles. The Hall–Kier alpha value is -1.92. The van der Waals surface area contributed by atoms with Gasteiger partial charge in [0.1, 0.15) is 0 Å². The molecule has 1 aliphatic rings. The second-order valence-electron chi connectivity index (χ2n) is 6.21. The molecule has 25 heavy (non-hydrogen) atoms. The van der Waals surface area contributed by atoms with E-state index in [0.717, 1.165) is 35.7 Å². The molecular formula is C19H21NO3S2. The van der Waals surface area contributed by atoms with Crippen LogP contribution in [0.1, 0.15) is 29.5 Å². The molecule has 0 spiro atoms. The maximum absolute atomic E-state index is 12.6. The summed E-state index contributed by atoms with van der Waals surface area (Å²) >= 11 is 3.04. The van der Waals surface area contributed by atoms with Gasteiger partial charge < -0.3 is 9.64 Å². The van der Waals surface area contributed by atoms with Crippen molar-refractivity contribution in [3.63, 3.8) is 0 Å². The highest BCUT2D eigenvalue weighted by Crippen LogP contribution is 2.26. The minimum atomic E-state index is -0.450. The van der Waals surface area contributed by atoms with Crippen LogP contribution in [-0.2, 0) is 14.3 Å². The van der Waals surface area contributed by atoms with Gasteiger partial charge in [-0.15, -0.1) is 22.7 Å². The maximum Gasteiger partial charge on any atom is 0.340 e. The summed E-state index contributed by atoms with van der Waals surface area (Å²) in [5.41, 5.74) is 0.497. The average Bonchev–Trinajstić information content (AvgIpc) is 3.30. The topological polar surface area (TPSA) is 46.6 Å². The number of piperidine rings is 1. The van der Waals surface area contributed by atoms with Crippen LogP contribution in [0, 0.1) is 5.92 Å². The summed E-state index contributed by atoms with van der Waals surface area (Å²) in [7, 11) is 0. The third-order valence-electron chi connectivity index (χ3n) is 4.17. The van der Waals surface area contributed by atoms with Crippen molar-refractivity contribution < 1.29 is 14.3 Å². The number of nitrogens with zero attached hydrogens (tertiary/aromatic N) is 1. The van der Waals surface area contributed by atoms with Gasteiger partial charge in [0.05, 0.1) is 5.57 Å². The first-order valence-corrected chi connectivity index (χ1v) is 10.1. The molecule has 1 atom stereocenters. The molecule has 2 aromatic rings. The fraction of sp³-hybridized carbons (Fsp3) is 0.368. The van der Waals surface area contributed by atoms with Crippen LogP contribution < -0.4 is 0 Å². The second-order valence-corrected chi connectivity index (χ2v) is 8.14. The first kappa shape index (κ1) is 17.9. The minimum Gasteiger partial charge on any atom is -0.452 e. The SMILES string of the molecule is C[C@H]1CCCN(C(=O)COC(=O)/C(=C/c2cccs2)c2cccs2)C1. The van der Waals surface area contributed by atoms with E-state index in [-0.39, 0.29) is 12.5 Å². The number of thiophene rings is 2. The van der Waals surface area contributed by atoms with E-state index < -0.39 is 5.97 Å². The molecule has 1 amide bonds. The molecule has 0 aromatic carbocycles. The monoisotopic (exact) mass is 375 g/mol. The van der Waals surface area contributed by atoms with E-state index in [1.807, 2.05) is 41.1 Å². The smallest absolute Gasteiger partial charge is 0.340 e. The molecule has 1 saturated heterocycles. The van der Waals surface area contributed by atoms with Crippen molar-refractivity contribution in [1.29, 1.82) is 0 Å². The lowest BCUT2D eigenvalue weighted by Gasteiger charge is -2.30. The summed E-state index contributed by atoms with van der Waals surface area (Å²) in [6, 6.07) is 7.68. The lowest BCUT2D eigenvalue weighted by atomic mass is 10.0. The van der Waals surface area contributed by atoms with Gasteiger partial charge in [-0.3, -0.25) is 4.79 Å². The third-order valence-corrected chi connectivity index (χ3v) is 5.90. The highest BCUT2D eigenvalue weighted by atomic mass is 32.1. The van der Waals surface area contributed by atoms with E-state index in [0.29, 0.717) is 11.5 Å². The highest BCUT2D eigenvalue weighted by molar-refractivity contribution is 7.12. The fourth-order valence-electron chi connectivity index (χ4n) is 2.89. The number of hydrogen-bond donors (Lipinski definition) is 0. The van der Waals surface area contributed by atoms with E-state index >= 15 is 0 Å². The zero-order valence-corrected chi connectivity index (χ0v) is 15.8. The van der Waals surface area contributed by atoms with Crippen molar-refractivity contribution in [2.24, 2.45) is 5.92 Å². The zero-order valence-electron chi connectivity index (χ0n) is 14.1. The normalized spacial score (nSPS) is 18.2. The summed E-state index contributed by atoms with van der Waals surface area (Å²) in [6.45, 7) is 3.45. The molecule has 2 aromatic heterocycles. The molecule has 132 valence electrons. The Morgan fingerprint density at radius 3 is 2.76 bits per heavy atom. The van der Waals surface area contributed by atoms with Crippen LogP contribution in [0.2, 0.25) is 0 Å². The zero-order chi connectivity index (χ0) is 17.6. The van der Waals surface area contributed by atoms with Crippen molar-refractivity contribution in [2.75, 3.05) is 19.7 Å². The van der Waals surface area contributed by atoms with Crippen molar-refractivity contribution >= 4 is 46.2 Å². The molecule has 3 heterocycles. The lowest BCUT2D eigenvalue weighted by molar-refractivity contribution is -0.148. The van der Waals surface area contributed by atoms with Gasteiger partial charge in [0.25, 0.3) is 5.91 Å². The average molecular weight is 376 g/mol. The molecule has 0 radical (unpaired) electrons. The van der Waals surface area contributed by atoms with Crippen LogP contribution in [0.5, 0.6) is 0 Å². The van der Waals surface area contributed by atoms with Crippen molar-refractivity contribution in [1.82, 2.24) is 4.90 Å². The van der Waals surface area contributed by atoms with Crippen molar-refractivity contribution in [2.45, 2.75) is 19.8 Å². The van der Waals surface area contributed by atoms with Gasteiger partial charge in [-0.05, 0) is 47.7 Å². The van der Waals surface area contributed by atoms with Crippen molar-refractivity contribution in [3.8, 4) is 0 Å². The number of esters is 1. The summed E-state index contributed by atoms with van der Waals surface area (Å²) in [5.74, 6) is -0.0513. The van der Waals surface area contributed by atoms with Crippen LogP contribution in [0.4, 0.5) is 0 Å². The quantitative estimate of drug-likeness (QED) is 0.582. The standard InChI is InChI=1S/C19H21NO3S2/c1-14-5-2-8-20(12-14)18(21)13-23-19(22)16(17-7-4-10-25-17)11-15-6-3-9-24-15/h3-4,6-7,9-11,14H,2,5,8,12-13H2,1H3/b16-11+/t14-/m0/s1. The van der Waals surface area contributed by atoms with Gasteiger partial charge in [-0.2, -0.15) is 0 Å². The van der Waals surface area contributed by atoms with E-state index in [1.165, 1.54) is 11.3 Å². The van der Waals surface area contributed by atoms with Gasteiger partial charge in [-0.25, -0.2) is 4.79 Å². The van der Waals surface area contributed by atoms with Crippen LogP contribution in [0.3, 0.4) is 0 Å². The molecule has 0 saturated carbocycles. The molecule has 1 fully saturated rings. The molecule has 0 unspecified atom stereocenters. The molecule has 0 N–H and O–H groups in total. The van der Waals surface area contributed by atoms with Crippen LogP contribution >= 0.6 is 22.7 Å². The van der Waals surface area contributed by atoms with Crippen LogP contribution in [0.15, 0.2) is 35.0 Å². The van der Waals surface area contributed by atoms with E-state index in [2.05, 4.69) is 6.92 Å². The van der Waals surface area contributed by atoms with E-state index in [9.17, 15) is 9.59 Å². The van der Waals surface area contributed by atoms with Crippen LogP contribution in [0.25, 0.3) is 11.6 Å².